The normalized spacial score (nSPS) is 17.8. The number of aromatic nitrogens is 2. The molecule has 4 heteroatoms. The molecule has 24 heavy (non-hydrogen) atoms. The molecular weight excluding hydrogens is 316 g/mol. The Labute approximate surface area is 146 Å². The van der Waals surface area contributed by atoms with Crippen molar-refractivity contribution < 1.29 is 0 Å². The smallest absolute Gasteiger partial charge is 0.255 e. The molecule has 1 aromatic carbocycles. The molecule has 122 valence electrons. The van der Waals surface area contributed by atoms with E-state index in [1.54, 1.807) is 0 Å². The first-order chi connectivity index (χ1) is 11.7. The highest BCUT2D eigenvalue weighted by Crippen LogP contribution is 2.49. The van der Waals surface area contributed by atoms with Crippen molar-refractivity contribution >= 4 is 11.8 Å². The average Bonchev–Trinajstić information content (AvgIpc) is 2.62. The van der Waals surface area contributed by atoms with Crippen molar-refractivity contribution in [1.29, 1.82) is 0 Å². The maximum atomic E-state index is 12.7. The van der Waals surface area contributed by atoms with E-state index in [-0.39, 0.29) is 11.0 Å². The van der Waals surface area contributed by atoms with Crippen LogP contribution in [-0.2, 0) is 11.8 Å². The van der Waals surface area contributed by atoms with Gasteiger partial charge in [0.05, 0.1) is 11.4 Å². The molecule has 2 aromatic rings. The Bertz CT molecular complexity index is 872. The monoisotopic (exact) mass is 336 g/mol. The van der Waals surface area contributed by atoms with Crippen LogP contribution >= 0.6 is 11.8 Å². The molecule has 1 aromatic heterocycles. The molecule has 0 saturated heterocycles. The highest BCUT2D eigenvalue weighted by Gasteiger charge is 2.41. The number of benzene rings is 1. The van der Waals surface area contributed by atoms with Gasteiger partial charge >= 0.3 is 0 Å². The van der Waals surface area contributed by atoms with Crippen molar-refractivity contribution in [3.05, 3.63) is 45.7 Å². The van der Waals surface area contributed by atoms with Gasteiger partial charge in [0.1, 0.15) is 0 Å². The molecule has 3 nitrogen and oxygen atoms in total. The zero-order valence-electron chi connectivity index (χ0n) is 13.6. The predicted molar refractivity (Wildman–Crippen MR) is 98.3 cm³/mol. The average molecular weight is 336 g/mol. The van der Waals surface area contributed by atoms with Gasteiger partial charge in [0.15, 0.2) is 5.16 Å². The Hall–Kier alpha value is -1.99. The Morgan fingerprint density at radius 1 is 1.25 bits per heavy atom. The summed E-state index contributed by atoms with van der Waals surface area (Å²) in [5.74, 6) is 3.09. The van der Waals surface area contributed by atoms with Gasteiger partial charge in [0.25, 0.3) is 5.56 Å². The SMILES string of the molecule is C#CCSc1nc2c(c(=O)[nH]1)CC1(CCCCC1)c1ccccc1-2. The van der Waals surface area contributed by atoms with Gasteiger partial charge < -0.3 is 4.98 Å². The fraction of sp³-hybridized carbons (Fsp3) is 0.400. The van der Waals surface area contributed by atoms with Crippen LogP contribution in [0.15, 0.2) is 34.2 Å². The van der Waals surface area contributed by atoms with E-state index in [4.69, 9.17) is 11.4 Å². The van der Waals surface area contributed by atoms with Crippen LogP contribution in [0, 0.1) is 12.3 Å². The zero-order chi connectivity index (χ0) is 16.6. The van der Waals surface area contributed by atoms with Gasteiger partial charge in [-0.25, -0.2) is 4.98 Å². The van der Waals surface area contributed by atoms with E-state index in [0.717, 1.165) is 36.1 Å². The number of terminal acetylenes is 1. The predicted octanol–water partition coefficient (Wildman–Crippen LogP) is 3.92. The molecule has 0 atom stereocenters. The molecule has 1 saturated carbocycles. The third-order valence-corrected chi connectivity index (χ3v) is 6.14. The third kappa shape index (κ3) is 2.48. The van der Waals surface area contributed by atoms with Gasteiger partial charge in [0, 0.05) is 16.5 Å². The summed E-state index contributed by atoms with van der Waals surface area (Å²) in [6, 6.07) is 8.51. The molecule has 2 aliphatic carbocycles. The summed E-state index contributed by atoms with van der Waals surface area (Å²) in [5, 5.41) is 0.617. The van der Waals surface area contributed by atoms with Crippen LogP contribution in [0.1, 0.15) is 43.2 Å². The summed E-state index contributed by atoms with van der Waals surface area (Å²) >= 11 is 1.41. The van der Waals surface area contributed by atoms with Gasteiger partial charge in [0.2, 0.25) is 0 Å². The Balaban J connectivity index is 1.89. The minimum atomic E-state index is -0.000951. The van der Waals surface area contributed by atoms with Gasteiger partial charge in [-0.2, -0.15) is 0 Å². The minimum absolute atomic E-state index is 0.000951. The summed E-state index contributed by atoms with van der Waals surface area (Å²) in [6.07, 6.45) is 12.2. The topological polar surface area (TPSA) is 45.8 Å². The number of hydrogen-bond acceptors (Lipinski definition) is 3. The molecule has 0 bridgehead atoms. The van der Waals surface area contributed by atoms with Crippen LogP contribution < -0.4 is 5.56 Å². The second-order valence-corrected chi connectivity index (χ2v) is 7.72. The maximum absolute atomic E-state index is 12.7. The molecule has 4 rings (SSSR count). The van der Waals surface area contributed by atoms with E-state index < -0.39 is 0 Å². The maximum Gasteiger partial charge on any atom is 0.255 e. The van der Waals surface area contributed by atoms with Gasteiger partial charge in [-0.05, 0) is 24.8 Å². The Morgan fingerprint density at radius 3 is 2.83 bits per heavy atom. The highest BCUT2D eigenvalue weighted by molar-refractivity contribution is 7.99. The number of H-pyrrole nitrogens is 1. The lowest BCUT2D eigenvalue weighted by molar-refractivity contribution is 0.287. The molecular formula is C20H20N2OS. The summed E-state index contributed by atoms with van der Waals surface area (Å²) in [6.45, 7) is 0. The molecule has 2 aliphatic rings. The van der Waals surface area contributed by atoms with Gasteiger partial charge in [-0.1, -0.05) is 61.2 Å². The molecule has 0 aliphatic heterocycles. The van der Waals surface area contributed by atoms with Crippen molar-refractivity contribution in [1.82, 2.24) is 9.97 Å². The van der Waals surface area contributed by atoms with E-state index in [1.807, 2.05) is 6.07 Å². The summed E-state index contributed by atoms with van der Waals surface area (Å²) < 4.78 is 0. The summed E-state index contributed by atoms with van der Waals surface area (Å²) in [4.78, 5) is 20.4. The van der Waals surface area contributed by atoms with Crippen LogP contribution in [0.3, 0.4) is 0 Å². The van der Waals surface area contributed by atoms with Gasteiger partial charge in [-0.15, -0.1) is 6.42 Å². The highest BCUT2D eigenvalue weighted by atomic mass is 32.2. The largest absolute Gasteiger partial charge is 0.301 e. The van der Waals surface area contributed by atoms with Crippen LogP contribution in [0.4, 0.5) is 0 Å². The van der Waals surface area contributed by atoms with E-state index in [9.17, 15) is 4.79 Å². The van der Waals surface area contributed by atoms with Crippen LogP contribution in [-0.4, -0.2) is 15.7 Å². The first kappa shape index (κ1) is 15.5. The first-order valence-electron chi connectivity index (χ1n) is 8.53. The Morgan fingerprint density at radius 2 is 2.04 bits per heavy atom. The molecule has 0 unspecified atom stereocenters. The lowest BCUT2D eigenvalue weighted by atomic mass is 9.62. The van der Waals surface area contributed by atoms with Crippen LogP contribution in [0.5, 0.6) is 0 Å². The lowest BCUT2D eigenvalue weighted by Crippen LogP contribution is -2.38. The van der Waals surface area contributed by atoms with Crippen LogP contribution in [0.2, 0.25) is 0 Å². The number of nitrogens with one attached hydrogen (secondary N) is 1. The summed E-state index contributed by atoms with van der Waals surface area (Å²) in [5.41, 5.74) is 4.33. The quantitative estimate of drug-likeness (QED) is 0.514. The molecule has 0 amide bonds. The summed E-state index contributed by atoms with van der Waals surface area (Å²) in [7, 11) is 0. The zero-order valence-corrected chi connectivity index (χ0v) is 14.4. The van der Waals surface area contributed by atoms with E-state index in [0.29, 0.717) is 10.9 Å². The molecule has 1 N–H and O–H groups in total. The van der Waals surface area contributed by atoms with E-state index in [1.165, 1.54) is 36.6 Å². The number of hydrogen-bond donors (Lipinski definition) is 1. The molecule has 1 spiro atoms. The minimum Gasteiger partial charge on any atom is -0.301 e. The van der Waals surface area contributed by atoms with Crippen molar-refractivity contribution in [3.8, 4) is 23.6 Å². The lowest BCUT2D eigenvalue weighted by Gasteiger charge is -2.42. The third-order valence-electron chi connectivity index (χ3n) is 5.37. The molecule has 1 fully saturated rings. The van der Waals surface area contributed by atoms with E-state index in [2.05, 4.69) is 29.1 Å². The number of fused-ring (bicyclic) bond motifs is 4. The van der Waals surface area contributed by atoms with Crippen molar-refractivity contribution in [2.75, 3.05) is 5.75 Å². The number of thioether (sulfide) groups is 1. The fourth-order valence-corrected chi connectivity index (χ4v) is 4.84. The number of nitrogens with zero attached hydrogens (tertiary/aromatic N) is 1. The van der Waals surface area contributed by atoms with Crippen molar-refractivity contribution in [3.63, 3.8) is 0 Å². The second-order valence-electron chi connectivity index (χ2n) is 6.75. The Kier molecular flexibility index (Phi) is 3.97. The fourth-order valence-electron chi connectivity index (χ4n) is 4.30. The van der Waals surface area contributed by atoms with Crippen molar-refractivity contribution in [2.45, 2.75) is 49.1 Å². The van der Waals surface area contributed by atoms with E-state index >= 15 is 0 Å². The first-order valence-corrected chi connectivity index (χ1v) is 9.51. The van der Waals surface area contributed by atoms with Gasteiger partial charge in [-0.3, -0.25) is 4.79 Å². The number of aromatic amines is 1. The van der Waals surface area contributed by atoms with Crippen LogP contribution in [0.25, 0.3) is 11.3 Å². The molecule has 0 radical (unpaired) electrons. The van der Waals surface area contributed by atoms with Crippen molar-refractivity contribution in [2.24, 2.45) is 0 Å². The number of rotatable bonds is 2. The second kappa shape index (κ2) is 6.14. The standard InChI is InChI=1S/C20H20N2OS/c1-2-12-24-19-21-17-14-8-4-5-9-16(14)20(10-6-3-7-11-20)13-15(17)18(23)22-19/h1,4-5,8-9H,3,6-7,10-13H2,(H,21,22,23). The molecule has 1 heterocycles.